The van der Waals surface area contributed by atoms with Gasteiger partial charge in [-0.3, -0.25) is 9.59 Å². The number of amides is 2. The smallest absolute Gasteiger partial charge is 0.321 e. The Bertz CT molecular complexity index is 1300. The minimum absolute atomic E-state index is 0.117. The molecule has 0 saturated carbocycles. The van der Waals surface area contributed by atoms with Gasteiger partial charge in [-0.15, -0.1) is 16.4 Å². The van der Waals surface area contributed by atoms with Crippen molar-refractivity contribution in [3.8, 4) is 5.69 Å². The summed E-state index contributed by atoms with van der Waals surface area (Å²) in [5, 5.41) is 13.5. The minimum atomic E-state index is -4.97. The van der Waals surface area contributed by atoms with Crippen LogP contribution in [0.15, 0.2) is 66.0 Å². The molecular weight excluding hydrogens is 462 g/mol. The molecule has 2 aromatic heterocycles. The number of alkyl halides is 3. The number of nitrogens with zero attached hydrogens (tertiary/aromatic N) is 3. The molecule has 2 amide bonds. The summed E-state index contributed by atoms with van der Waals surface area (Å²) in [4.78, 5) is 25.3. The average Bonchev–Trinajstić information content (AvgIpc) is 3.45. The number of hydrogen-bond donors (Lipinski definition) is 2. The molecule has 168 valence electrons. The summed E-state index contributed by atoms with van der Waals surface area (Å²) in [5.41, 5.74) is -2.02. The lowest BCUT2D eigenvalue weighted by atomic mass is 10.2. The first-order valence-electron chi connectivity index (χ1n) is 9.27. The molecule has 33 heavy (non-hydrogen) atoms. The van der Waals surface area contributed by atoms with Crippen LogP contribution in [0.25, 0.3) is 5.69 Å². The fourth-order valence-corrected chi connectivity index (χ4v) is 3.54. The minimum Gasteiger partial charge on any atom is -0.321 e. The summed E-state index contributed by atoms with van der Waals surface area (Å²) < 4.78 is 54.8. The number of aromatic nitrogens is 3. The number of carbonyl (C=O) groups is 2. The van der Waals surface area contributed by atoms with E-state index in [-0.39, 0.29) is 17.3 Å². The third-order valence-corrected chi connectivity index (χ3v) is 5.22. The first-order chi connectivity index (χ1) is 15.7. The number of nitrogens with one attached hydrogen (secondary N) is 2. The van der Waals surface area contributed by atoms with Gasteiger partial charge >= 0.3 is 6.18 Å². The Labute approximate surface area is 187 Å². The van der Waals surface area contributed by atoms with Crippen LogP contribution in [0.2, 0.25) is 0 Å². The molecule has 7 nitrogen and oxygen atoms in total. The average molecular weight is 475 g/mol. The summed E-state index contributed by atoms with van der Waals surface area (Å²) >= 11 is 1.24. The molecule has 0 atom stereocenters. The Balaban J connectivity index is 1.59. The second-order valence-electron chi connectivity index (χ2n) is 6.64. The number of carbonyl (C=O) groups excluding carboxylic acids is 2. The SMILES string of the molecule is O=C(Nc1cccc(NC(=O)c2nnn(-c3ccc(F)cc3)c2C(F)(F)F)c1)c1cccs1. The first kappa shape index (κ1) is 22.1. The zero-order valence-corrected chi connectivity index (χ0v) is 17.2. The molecule has 0 aliphatic carbocycles. The third-order valence-electron chi connectivity index (χ3n) is 4.35. The number of halogens is 4. The van der Waals surface area contributed by atoms with Gasteiger partial charge in [0.25, 0.3) is 11.8 Å². The zero-order chi connectivity index (χ0) is 23.6. The molecule has 0 spiro atoms. The van der Waals surface area contributed by atoms with Crippen molar-refractivity contribution in [2.45, 2.75) is 6.18 Å². The van der Waals surface area contributed by atoms with E-state index >= 15 is 0 Å². The molecule has 0 radical (unpaired) electrons. The van der Waals surface area contributed by atoms with Gasteiger partial charge < -0.3 is 10.6 Å². The number of hydrogen-bond acceptors (Lipinski definition) is 5. The summed E-state index contributed by atoms with van der Waals surface area (Å²) in [6, 6.07) is 13.4. The fourth-order valence-electron chi connectivity index (χ4n) is 2.92. The molecule has 2 aromatic carbocycles. The van der Waals surface area contributed by atoms with Crippen molar-refractivity contribution < 1.29 is 27.2 Å². The van der Waals surface area contributed by atoms with Crippen molar-refractivity contribution in [2.24, 2.45) is 0 Å². The summed E-state index contributed by atoms with van der Waals surface area (Å²) in [6.07, 6.45) is -4.97. The monoisotopic (exact) mass is 475 g/mol. The number of anilines is 2. The second-order valence-corrected chi connectivity index (χ2v) is 7.59. The summed E-state index contributed by atoms with van der Waals surface area (Å²) in [6.45, 7) is 0. The zero-order valence-electron chi connectivity index (χ0n) is 16.4. The highest BCUT2D eigenvalue weighted by atomic mass is 32.1. The lowest BCUT2D eigenvalue weighted by Gasteiger charge is -2.12. The molecular formula is C21H13F4N5O2S. The fraction of sp³-hybridized carbons (Fsp3) is 0.0476. The van der Waals surface area contributed by atoms with E-state index in [1.54, 1.807) is 23.6 Å². The van der Waals surface area contributed by atoms with Crippen molar-refractivity contribution >= 4 is 34.5 Å². The molecule has 4 rings (SSSR count). The van der Waals surface area contributed by atoms with Gasteiger partial charge in [0.2, 0.25) is 0 Å². The van der Waals surface area contributed by atoms with E-state index in [1.807, 2.05) is 0 Å². The lowest BCUT2D eigenvalue weighted by molar-refractivity contribution is -0.143. The molecule has 0 unspecified atom stereocenters. The van der Waals surface area contributed by atoms with Gasteiger partial charge in [-0.2, -0.15) is 13.2 Å². The van der Waals surface area contributed by atoms with Gasteiger partial charge in [-0.1, -0.05) is 17.3 Å². The predicted molar refractivity (Wildman–Crippen MR) is 113 cm³/mol. The normalized spacial score (nSPS) is 11.3. The number of rotatable bonds is 5. The Hall–Kier alpha value is -4.06. The quantitative estimate of drug-likeness (QED) is 0.398. The maximum absolute atomic E-state index is 13.7. The van der Waals surface area contributed by atoms with Crippen molar-refractivity contribution in [1.82, 2.24) is 15.0 Å². The van der Waals surface area contributed by atoms with Crippen LogP contribution >= 0.6 is 11.3 Å². The van der Waals surface area contributed by atoms with Crippen LogP contribution in [0, 0.1) is 5.82 Å². The summed E-state index contributed by atoms with van der Waals surface area (Å²) in [5.74, 6) is -2.16. The largest absolute Gasteiger partial charge is 0.435 e. The van der Waals surface area contributed by atoms with Gasteiger partial charge in [-0.25, -0.2) is 9.07 Å². The van der Waals surface area contributed by atoms with Gasteiger partial charge in [0.05, 0.1) is 10.6 Å². The standard InChI is InChI=1S/C21H13F4N5O2S/c22-12-6-8-15(9-7-12)30-18(21(23,24)25)17(28-29-30)20(32)27-14-4-1-3-13(11-14)26-19(31)16-5-2-10-33-16/h1-11H,(H,26,31)(H,27,32). The predicted octanol–water partition coefficient (Wildman–Crippen LogP) is 4.99. The van der Waals surface area contributed by atoms with Crippen LogP contribution < -0.4 is 10.6 Å². The van der Waals surface area contributed by atoms with Gasteiger partial charge in [0.15, 0.2) is 11.4 Å². The summed E-state index contributed by atoms with van der Waals surface area (Å²) in [7, 11) is 0. The second kappa shape index (κ2) is 8.82. The number of thiophene rings is 1. The Morgan fingerprint density at radius 3 is 2.18 bits per heavy atom. The molecule has 0 aliphatic heterocycles. The van der Waals surface area contributed by atoms with Crippen LogP contribution in [0.4, 0.5) is 28.9 Å². The van der Waals surface area contributed by atoms with Crippen molar-refractivity contribution in [3.05, 3.63) is 88.1 Å². The molecule has 0 saturated heterocycles. The molecule has 12 heteroatoms. The molecule has 4 aromatic rings. The van der Waals surface area contributed by atoms with Gasteiger partial charge in [0, 0.05) is 11.4 Å². The molecule has 0 fully saturated rings. The number of benzene rings is 2. The highest BCUT2D eigenvalue weighted by Gasteiger charge is 2.42. The topological polar surface area (TPSA) is 88.9 Å². The van der Waals surface area contributed by atoms with Crippen LogP contribution in [-0.4, -0.2) is 26.8 Å². The maximum atomic E-state index is 13.7. The van der Waals surface area contributed by atoms with Crippen molar-refractivity contribution in [2.75, 3.05) is 10.6 Å². The molecule has 0 bridgehead atoms. The Morgan fingerprint density at radius 1 is 0.909 bits per heavy atom. The highest BCUT2D eigenvalue weighted by Crippen LogP contribution is 2.33. The van der Waals surface area contributed by atoms with Gasteiger partial charge in [0.1, 0.15) is 5.82 Å². The van der Waals surface area contributed by atoms with E-state index in [1.165, 1.54) is 29.5 Å². The van der Waals surface area contributed by atoms with E-state index < -0.39 is 29.3 Å². The van der Waals surface area contributed by atoms with E-state index in [0.717, 1.165) is 24.3 Å². The third kappa shape index (κ3) is 4.90. The van der Waals surface area contributed by atoms with Gasteiger partial charge in [-0.05, 0) is 53.9 Å². The lowest BCUT2D eigenvalue weighted by Crippen LogP contribution is -2.21. The van der Waals surface area contributed by atoms with Crippen molar-refractivity contribution in [1.29, 1.82) is 0 Å². The van der Waals surface area contributed by atoms with E-state index in [2.05, 4.69) is 20.9 Å². The van der Waals surface area contributed by atoms with Crippen LogP contribution in [0.5, 0.6) is 0 Å². The Kier molecular flexibility index (Phi) is 5.92. The van der Waals surface area contributed by atoms with Crippen LogP contribution in [0.3, 0.4) is 0 Å². The molecule has 2 N–H and O–H groups in total. The van der Waals surface area contributed by atoms with E-state index in [0.29, 0.717) is 15.2 Å². The van der Waals surface area contributed by atoms with Crippen LogP contribution in [0.1, 0.15) is 25.9 Å². The van der Waals surface area contributed by atoms with Crippen molar-refractivity contribution in [3.63, 3.8) is 0 Å². The van der Waals surface area contributed by atoms with Crippen LogP contribution in [-0.2, 0) is 6.18 Å². The first-order valence-corrected chi connectivity index (χ1v) is 10.2. The Morgan fingerprint density at radius 2 is 1.58 bits per heavy atom. The van der Waals surface area contributed by atoms with E-state index in [4.69, 9.17) is 0 Å². The maximum Gasteiger partial charge on any atom is 0.435 e. The highest BCUT2D eigenvalue weighted by molar-refractivity contribution is 7.12. The molecule has 2 heterocycles. The van der Waals surface area contributed by atoms with E-state index in [9.17, 15) is 27.2 Å². The molecule has 0 aliphatic rings.